The molecule has 0 radical (unpaired) electrons. The molecule has 0 aromatic carbocycles. The Kier molecular flexibility index (Phi) is 2.60. The third kappa shape index (κ3) is 1.82. The number of pyridine rings is 1. The second-order valence-corrected chi connectivity index (χ2v) is 5.46. The van der Waals surface area contributed by atoms with Gasteiger partial charge < -0.3 is 10.3 Å². The predicted molar refractivity (Wildman–Crippen MR) is 78.5 cm³/mol. The summed E-state index contributed by atoms with van der Waals surface area (Å²) in [6.45, 7) is 2.16. The number of nitrogens with zero attached hydrogens (tertiary/aromatic N) is 3. The fourth-order valence-corrected chi connectivity index (χ4v) is 3.01. The van der Waals surface area contributed by atoms with Crippen molar-refractivity contribution >= 4 is 11.0 Å². The summed E-state index contributed by atoms with van der Waals surface area (Å²) in [5.41, 5.74) is 4.58. The molecular weight excluding hydrogens is 250 g/mol. The van der Waals surface area contributed by atoms with Crippen molar-refractivity contribution in [3.05, 3.63) is 36.4 Å². The molecule has 20 heavy (non-hydrogen) atoms. The Bertz CT molecular complexity index is 749. The van der Waals surface area contributed by atoms with Gasteiger partial charge in [0.15, 0.2) is 0 Å². The standard InChI is InChI=1S/C15H17N5/c1-20-9-12(7-19-20)11-4-13-14(10-2-3-16-5-10)8-18-15(13)17-6-11/h4,6-10,16H,2-3,5H2,1H3,(H,17,18). The van der Waals surface area contributed by atoms with Crippen LogP contribution in [0.4, 0.5) is 0 Å². The van der Waals surface area contributed by atoms with E-state index in [1.54, 1.807) is 0 Å². The summed E-state index contributed by atoms with van der Waals surface area (Å²) in [6, 6.07) is 2.23. The van der Waals surface area contributed by atoms with Crippen LogP contribution in [0.15, 0.2) is 30.9 Å². The molecule has 1 aliphatic heterocycles. The summed E-state index contributed by atoms with van der Waals surface area (Å²) in [7, 11) is 1.93. The number of hydrogen-bond acceptors (Lipinski definition) is 3. The average Bonchev–Trinajstić information content (AvgIpc) is 3.17. The van der Waals surface area contributed by atoms with Gasteiger partial charge in [-0.05, 0) is 30.5 Å². The number of aromatic amines is 1. The minimum absolute atomic E-state index is 0.592. The first-order valence-corrected chi connectivity index (χ1v) is 6.98. The van der Waals surface area contributed by atoms with Crippen LogP contribution in [-0.2, 0) is 7.05 Å². The lowest BCUT2D eigenvalue weighted by atomic mass is 9.97. The molecule has 1 atom stereocenters. The summed E-state index contributed by atoms with van der Waals surface area (Å²) in [5, 5.41) is 8.90. The van der Waals surface area contributed by atoms with Gasteiger partial charge in [-0.15, -0.1) is 0 Å². The summed E-state index contributed by atoms with van der Waals surface area (Å²) in [4.78, 5) is 7.84. The van der Waals surface area contributed by atoms with Gasteiger partial charge in [-0.3, -0.25) is 4.68 Å². The fraction of sp³-hybridized carbons (Fsp3) is 0.333. The SMILES string of the molecule is Cn1cc(-c2cnc3[nH]cc(C4CCNC4)c3c2)cn1. The summed E-state index contributed by atoms with van der Waals surface area (Å²) in [6.07, 6.45) is 9.12. The van der Waals surface area contributed by atoms with Gasteiger partial charge in [0, 0.05) is 48.7 Å². The number of fused-ring (bicyclic) bond motifs is 1. The first kappa shape index (κ1) is 11.7. The van der Waals surface area contributed by atoms with Crippen molar-refractivity contribution in [2.24, 2.45) is 7.05 Å². The van der Waals surface area contributed by atoms with E-state index in [2.05, 4.69) is 32.6 Å². The monoisotopic (exact) mass is 267 g/mol. The lowest BCUT2D eigenvalue weighted by Gasteiger charge is -2.06. The second-order valence-electron chi connectivity index (χ2n) is 5.46. The minimum atomic E-state index is 0.592. The highest BCUT2D eigenvalue weighted by atomic mass is 15.2. The number of hydrogen-bond donors (Lipinski definition) is 2. The maximum atomic E-state index is 4.55. The van der Waals surface area contributed by atoms with Gasteiger partial charge in [0.25, 0.3) is 0 Å². The molecule has 5 heteroatoms. The highest BCUT2D eigenvalue weighted by Gasteiger charge is 2.20. The summed E-state index contributed by atoms with van der Waals surface area (Å²) < 4.78 is 1.82. The molecule has 1 saturated heterocycles. The molecule has 0 spiro atoms. The zero-order valence-electron chi connectivity index (χ0n) is 11.4. The Morgan fingerprint density at radius 2 is 2.25 bits per heavy atom. The molecule has 1 aliphatic rings. The zero-order chi connectivity index (χ0) is 13.5. The fourth-order valence-electron chi connectivity index (χ4n) is 3.01. The Morgan fingerprint density at radius 1 is 1.30 bits per heavy atom. The van der Waals surface area contributed by atoms with E-state index in [-0.39, 0.29) is 0 Å². The smallest absolute Gasteiger partial charge is 0.137 e. The Hall–Kier alpha value is -2.14. The average molecular weight is 267 g/mol. The molecular formula is C15H17N5. The topological polar surface area (TPSA) is 58.5 Å². The quantitative estimate of drug-likeness (QED) is 0.747. The summed E-state index contributed by atoms with van der Waals surface area (Å²) in [5.74, 6) is 0.592. The van der Waals surface area contributed by atoms with Crippen molar-refractivity contribution in [1.82, 2.24) is 25.1 Å². The van der Waals surface area contributed by atoms with Gasteiger partial charge in [0.1, 0.15) is 5.65 Å². The van der Waals surface area contributed by atoms with Crippen molar-refractivity contribution in [1.29, 1.82) is 0 Å². The van der Waals surface area contributed by atoms with Gasteiger partial charge in [0.2, 0.25) is 0 Å². The highest BCUT2D eigenvalue weighted by molar-refractivity contribution is 5.85. The van der Waals surface area contributed by atoms with E-state index < -0.39 is 0 Å². The lowest BCUT2D eigenvalue weighted by Crippen LogP contribution is -2.07. The number of aryl methyl sites for hydroxylation is 1. The van der Waals surface area contributed by atoms with Crippen LogP contribution in [0.3, 0.4) is 0 Å². The zero-order valence-corrected chi connectivity index (χ0v) is 11.4. The number of H-pyrrole nitrogens is 1. The molecule has 0 bridgehead atoms. The molecule has 3 aromatic heterocycles. The Labute approximate surface area is 117 Å². The molecule has 4 heterocycles. The van der Waals surface area contributed by atoms with Crippen molar-refractivity contribution < 1.29 is 0 Å². The van der Waals surface area contributed by atoms with Crippen molar-refractivity contribution in [2.45, 2.75) is 12.3 Å². The maximum Gasteiger partial charge on any atom is 0.137 e. The van der Waals surface area contributed by atoms with Gasteiger partial charge >= 0.3 is 0 Å². The van der Waals surface area contributed by atoms with Crippen LogP contribution < -0.4 is 5.32 Å². The molecule has 4 rings (SSSR count). The normalized spacial score (nSPS) is 18.9. The van der Waals surface area contributed by atoms with Gasteiger partial charge in [0.05, 0.1) is 6.20 Å². The van der Waals surface area contributed by atoms with Gasteiger partial charge in [-0.2, -0.15) is 5.10 Å². The molecule has 102 valence electrons. The van der Waals surface area contributed by atoms with Gasteiger partial charge in [-0.1, -0.05) is 0 Å². The highest BCUT2D eigenvalue weighted by Crippen LogP contribution is 2.31. The van der Waals surface area contributed by atoms with E-state index in [1.165, 1.54) is 17.4 Å². The Morgan fingerprint density at radius 3 is 3.00 bits per heavy atom. The lowest BCUT2D eigenvalue weighted by molar-refractivity contribution is 0.768. The predicted octanol–water partition coefficient (Wildman–Crippen LogP) is 2.04. The molecule has 0 saturated carbocycles. The van der Waals surface area contributed by atoms with Gasteiger partial charge in [-0.25, -0.2) is 4.98 Å². The first-order valence-electron chi connectivity index (χ1n) is 6.98. The summed E-state index contributed by atoms with van der Waals surface area (Å²) >= 11 is 0. The number of aromatic nitrogens is 4. The van der Waals surface area contributed by atoms with Crippen LogP contribution >= 0.6 is 0 Å². The first-order chi connectivity index (χ1) is 9.81. The van der Waals surface area contributed by atoms with Crippen LogP contribution in [0.1, 0.15) is 17.9 Å². The molecule has 1 fully saturated rings. The Balaban J connectivity index is 1.82. The van der Waals surface area contributed by atoms with Crippen LogP contribution in [0.5, 0.6) is 0 Å². The van der Waals surface area contributed by atoms with Crippen LogP contribution in [-0.4, -0.2) is 32.8 Å². The molecule has 5 nitrogen and oxygen atoms in total. The van der Waals surface area contributed by atoms with Crippen LogP contribution in [0.25, 0.3) is 22.2 Å². The third-order valence-corrected chi connectivity index (χ3v) is 4.10. The molecule has 3 aromatic rings. The van der Waals surface area contributed by atoms with Crippen LogP contribution in [0.2, 0.25) is 0 Å². The maximum absolute atomic E-state index is 4.55. The third-order valence-electron chi connectivity index (χ3n) is 4.10. The van der Waals surface area contributed by atoms with E-state index in [1.807, 2.05) is 30.3 Å². The number of nitrogens with one attached hydrogen (secondary N) is 2. The molecule has 0 aliphatic carbocycles. The molecule has 1 unspecified atom stereocenters. The van der Waals surface area contributed by atoms with Crippen molar-refractivity contribution in [3.8, 4) is 11.1 Å². The van der Waals surface area contributed by atoms with E-state index in [9.17, 15) is 0 Å². The van der Waals surface area contributed by atoms with E-state index in [0.717, 1.165) is 29.9 Å². The molecule has 2 N–H and O–H groups in total. The van der Waals surface area contributed by atoms with Crippen molar-refractivity contribution in [3.63, 3.8) is 0 Å². The number of rotatable bonds is 2. The largest absolute Gasteiger partial charge is 0.346 e. The van der Waals surface area contributed by atoms with E-state index >= 15 is 0 Å². The minimum Gasteiger partial charge on any atom is -0.346 e. The molecule has 0 amide bonds. The van der Waals surface area contributed by atoms with E-state index in [4.69, 9.17) is 0 Å². The van der Waals surface area contributed by atoms with E-state index in [0.29, 0.717) is 5.92 Å². The second kappa shape index (κ2) is 4.45. The van der Waals surface area contributed by atoms with Crippen molar-refractivity contribution in [2.75, 3.05) is 13.1 Å². The van der Waals surface area contributed by atoms with Crippen LogP contribution in [0, 0.1) is 0 Å².